The lowest BCUT2D eigenvalue weighted by Gasteiger charge is -2.10. The zero-order valence-corrected chi connectivity index (χ0v) is 12.2. The number of rotatable bonds is 4. The highest BCUT2D eigenvalue weighted by Crippen LogP contribution is 2.30. The molecule has 0 amide bonds. The smallest absolute Gasteiger partial charge is 0.227 e. The highest BCUT2D eigenvalue weighted by molar-refractivity contribution is 5.43. The molecule has 3 aromatic rings. The van der Waals surface area contributed by atoms with Gasteiger partial charge in [0.15, 0.2) is 0 Å². The molecule has 112 valence electrons. The van der Waals surface area contributed by atoms with Crippen molar-refractivity contribution in [3.05, 3.63) is 71.7 Å². The standard InChI is InChI=1S/C17H16FN3O/c1-12-16(11-19)17(22-15-9-7-13(18)8-10-15)21(20-12)14-5-3-2-4-6-14/h2-10H,11,19H2,1H3. The van der Waals surface area contributed by atoms with E-state index in [1.807, 2.05) is 37.3 Å². The average Bonchev–Trinajstić information content (AvgIpc) is 2.86. The quantitative estimate of drug-likeness (QED) is 0.801. The zero-order valence-electron chi connectivity index (χ0n) is 12.2. The number of para-hydroxylation sites is 1. The van der Waals surface area contributed by atoms with E-state index in [9.17, 15) is 4.39 Å². The highest BCUT2D eigenvalue weighted by Gasteiger charge is 2.17. The van der Waals surface area contributed by atoms with Gasteiger partial charge < -0.3 is 10.5 Å². The summed E-state index contributed by atoms with van der Waals surface area (Å²) in [5.74, 6) is 0.783. The Balaban J connectivity index is 2.06. The number of nitrogens with zero attached hydrogens (tertiary/aromatic N) is 2. The van der Waals surface area contributed by atoms with Gasteiger partial charge in [-0.15, -0.1) is 0 Å². The first kappa shape index (κ1) is 14.3. The summed E-state index contributed by atoms with van der Waals surface area (Å²) in [5.41, 5.74) is 8.34. The van der Waals surface area contributed by atoms with Crippen LogP contribution in [0.2, 0.25) is 0 Å². The number of hydrogen-bond donors (Lipinski definition) is 1. The van der Waals surface area contributed by atoms with E-state index in [-0.39, 0.29) is 5.82 Å². The van der Waals surface area contributed by atoms with Gasteiger partial charge in [-0.1, -0.05) is 18.2 Å². The third-order valence-corrected chi connectivity index (χ3v) is 3.37. The molecular formula is C17H16FN3O. The molecule has 0 atom stereocenters. The van der Waals surface area contributed by atoms with Crippen molar-refractivity contribution >= 4 is 0 Å². The fraction of sp³-hybridized carbons (Fsp3) is 0.118. The third-order valence-electron chi connectivity index (χ3n) is 3.37. The normalized spacial score (nSPS) is 10.7. The summed E-state index contributed by atoms with van der Waals surface area (Å²) in [6.07, 6.45) is 0. The van der Waals surface area contributed by atoms with E-state index in [1.54, 1.807) is 16.8 Å². The molecule has 0 saturated carbocycles. The van der Waals surface area contributed by atoms with Crippen LogP contribution in [-0.4, -0.2) is 9.78 Å². The molecule has 5 heteroatoms. The van der Waals surface area contributed by atoms with E-state index in [0.29, 0.717) is 18.2 Å². The number of nitrogens with two attached hydrogens (primary N) is 1. The summed E-state index contributed by atoms with van der Waals surface area (Å²) in [6.45, 7) is 2.20. The molecule has 0 spiro atoms. The Morgan fingerprint density at radius 1 is 1.09 bits per heavy atom. The largest absolute Gasteiger partial charge is 0.439 e. The van der Waals surface area contributed by atoms with Crippen molar-refractivity contribution in [3.63, 3.8) is 0 Å². The van der Waals surface area contributed by atoms with Crippen LogP contribution in [0.3, 0.4) is 0 Å². The van der Waals surface area contributed by atoms with Crippen molar-refractivity contribution in [2.24, 2.45) is 5.73 Å². The van der Waals surface area contributed by atoms with E-state index < -0.39 is 0 Å². The second-order valence-corrected chi connectivity index (χ2v) is 4.88. The second-order valence-electron chi connectivity index (χ2n) is 4.88. The van der Waals surface area contributed by atoms with Gasteiger partial charge in [0.2, 0.25) is 5.88 Å². The van der Waals surface area contributed by atoms with Crippen LogP contribution < -0.4 is 10.5 Å². The zero-order chi connectivity index (χ0) is 15.5. The van der Waals surface area contributed by atoms with Gasteiger partial charge in [0.1, 0.15) is 11.6 Å². The van der Waals surface area contributed by atoms with Crippen molar-refractivity contribution in [2.75, 3.05) is 0 Å². The highest BCUT2D eigenvalue weighted by atomic mass is 19.1. The topological polar surface area (TPSA) is 53.1 Å². The van der Waals surface area contributed by atoms with Crippen molar-refractivity contribution in [2.45, 2.75) is 13.5 Å². The Bertz CT molecular complexity index is 767. The van der Waals surface area contributed by atoms with Gasteiger partial charge in [-0.25, -0.2) is 9.07 Å². The molecule has 0 aliphatic heterocycles. The van der Waals surface area contributed by atoms with Gasteiger partial charge in [0.25, 0.3) is 0 Å². The lowest BCUT2D eigenvalue weighted by atomic mass is 10.2. The van der Waals surface area contributed by atoms with Crippen LogP contribution in [0.1, 0.15) is 11.3 Å². The molecule has 0 aliphatic rings. The SMILES string of the molecule is Cc1nn(-c2ccccc2)c(Oc2ccc(F)cc2)c1CN. The maximum atomic E-state index is 13.0. The number of benzene rings is 2. The molecule has 0 unspecified atom stereocenters. The number of ether oxygens (including phenoxy) is 1. The van der Waals surface area contributed by atoms with Crippen LogP contribution in [0.4, 0.5) is 4.39 Å². The molecule has 0 saturated heterocycles. The number of hydrogen-bond acceptors (Lipinski definition) is 3. The van der Waals surface area contributed by atoms with E-state index in [1.165, 1.54) is 12.1 Å². The lowest BCUT2D eigenvalue weighted by molar-refractivity contribution is 0.438. The van der Waals surface area contributed by atoms with E-state index in [0.717, 1.165) is 16.9 Å². The maximum Gasteiger partial charge on any atom is 0.227 e. The Hall–Kier alpha value is -2.66. The van der Waals surface area contributed by atoms with Gasteiger partial charge in [0.05, 0.1) is 16.9 Å². The fourth-order valence-corrected chi connectivity index (χ4v) is 2.24. The van der Waals surface area contributed by atoms with Crippen molar-refractivity contribution in [1.82, 2.24) is 9.78 Å². The number of aryl methyl sites for hydroxylation is 1. The van der Waals surface area contributed by atoms with Crippen molar-refractivity contribution in [3.8, 4) is 17.3 Å². The molecule has 1 heterocycles. The summed E-state index contributed by atoms with van der Waals surface area (Å²) in [5, 5.41) is 4.50. The van der Waals surface area contributed by atoms with Crippen LogP contribution in [0.5, 0.6) is 11.6 Å². The number of halogens is 1. The first-order chi connectivity index (χ1) is 10.7. The van der Waals surface area contributed by atoms with Crippen LogP contribution >= 0.6 is 0 Å². The summed E-state index contributed by atoms with van der Waals surface area (Å²) in [6, 6.07) is 15.5. The predicted octanol–water partition coefficient (Wildman–Crippen LogP) is 3.57. The Kier molecular flexibility index (Phi) is 3.89. The minimum Gasteiger partial charge on any atom is -0.439 e. The minimum atomic E-state index is -0.306. The molecule has 0 bridgehead atoms. The lowest BCUT2D eigenvalue weighted by Crippen LogP contribution is -2.02. The summed E-state index contributed by atoms with van der Waals surface area (Å²) in [7, 11) is 0. The summed E-state index contributed by atoms with van der Waals surface area (Å²) >= 11 is 0. The van der Waals surface area contributed by atoms with Gasteiger partial charge >= 0.3 is 0 Å². The Labute approximate surface area is 128 Å². The third kappa shape index (κ3) is 2.71. The molecular weight excluding hydrogens is 281 g/mol. The van der Waals surface area contributed by atoms with Gasteiger partial charge in [0, 0.05) is 6.54 Å². The molecule has 2 aromatic carbocycles. The Morgan fingerprint density at radius 2 is 1.77 bits per heavy atom. The molecule has 3 rings (SSSR count). The van der Waals surface area contributed by atoms with Gasteiger partial charge in [-0.2, -0.15) is 5.10 Å². The number of aromatic nitrogens is 2. The molecule has 0 aliphatic carbocycles. The summed E-state index contributed by atoms with van der Waals surface area (Å²) in [4.78, 5) is 0. The van der Waals surface area contributed by atoms with Crippen molar-refractivity contribution in [1.29, 1.82) is 0 Å². The van der Waals surface area contributed by atoms with Gasteiger partial charge in [-0.05, 0) is 43.3 Å². The summed E-state index contributed by atoms with van der Waals surface area (Å²) < 4.78 is 20.7. The second kappa shape index (κ2) is 5.99. The molecule has 1 aromatic heterocycles. The van der Waals surface area contributed by atoms with Crippen LogP contribution in [0.15, 0.2) is 54.6 Å². The van der Waals surface area contributed by atoms with Crippen molar-refractivity contribution < 1.29 is 9.13 Å². The molecule has 0 radical (unpaired) electrons. The molecule has 22 heavy (non-hydrogen) atoms. The minimum absolute atomic E-state index is 0.306. The molecule has 4 nitrogen and oxygen atoms in total. The first-order valence-corrected chi connectivity index (χ1v) is 6.96. The monoisotopic (exact) mass is 297 g/mol. The Morgan fingerprint density at radius 3 is 2.41 bits per heavy atom. The first-order valence-electron chi connectivity index (χ1n) is 6.96. The van der Waals surface area contributed by atoms with E-state index >= 15 is 0 Å². The molecule has 2 N–H and O–H groups in total. The van der Waals surface area contributed by atoms with Crippen LogP contribution in [0, 0.1) is 12.7 Å². The maximum absolute atomic E-state index is 13.0. The van der Waals surface area contributed by atoms with E-state index in [4.69, 9.17) is 10.5 Å². The predicted molar refractivity (Wildman–Crippen MR) is 82.7 cm³/mol. The van der Waals surface area contributed by atoms with E-state index in [2.05, 4.69) is 5.10 Å². The van der Waals surface area contributed by atoms with Gasteiger partial charge in [-0.3, -0.25) is 0 Å². The van der Waals surface area contributed by atoms with Crippen LogP contribution in [0.25, 0.3) is 5.69 Å². The average molecular weight is 297 g/mol. The molecule has 0 fully saturated rings. The fourth-order valence-electron chi connectivity index (χ4n) is 2.24. The van der Waals surface area contributed by atoms with Crippen LogP contribution in [-0.2, 0) is 6.54 Å².